The highest BCUT2D eigenvalue weighted by molar-refractivity contribution is 7.03. The Kier molecular flexibility index (Phi) is 5.02. The highest BCUT2D eigenvalue weighted by Crippen LogP contribution is 2.17. The summed E-state index contributed by atoms with van der Waals surface area (Å²) in [7, 11) is 0. The molecule has 0 aliphatic heterocycles. The quantitative estimate of drug-likeness (QED) is 0.678. The van der Waals surface area contributed by atoms with E-state index < -0.39 is 0 Å². The molecule has 0 saturated carbocycles. The van der Waals surface area contributed by atoms with Crippen LogP contribution in [0.5, 0.6) is 5.88 Å². The van der Waals surface area contributed by atoms with Crippen molar-refractivity contribution >= 4 is 11.5 Å². The third-order valence-corrected chi connectivity index (χ3v) is 2.51. The highest BCUT2D eigenvalue weighted by atomic mass is 32.1. The molecule has 0 unspecified atom stereocenters. The van der Waals surface area contributed by atoms with Gasteiger partial charge in [0.25, 0.3) is 0 Å². The summed E-state index contributed by atoms with van der Waals surface area (Å²) in [5.41, 5.74) is 0.547. The third kappa shape index (κ3) is 3.35. The average molecular weight is 210 g/mol. The lowest BCUT2D eigenvalue weighted by Crippen LogP contribution is -1.98. The predicted octanol–water partition coefficient (Wildman–Crippen LogP) is 2.97. The van der Waals surface area contributed by atoms with E-state index in [0.717, 1.165) is 6.42 Å². The molecule has 4 heteroatoms. The largest absolute Gasteiger partial charge is 0.476 e. The number of nitrogens with zero attached hydrogens (tertiary/aromatic N) is 2. The smallest absolute Gasteiger partial charge is 0.243 e. The zero-order chi connectivity index (χ0) is 10.2. The average Bonchev–Trinajstić information content (AvgIpc) is 2.65. The monoisotopic (exact) mass is 210 g/mol. The minimum Gasteiger partial charge on any atom is -0.476 e. The maximum absolute atomic E-state index is 8.68. The zero-order valence-corrected chi connectivity index (χ0v) is 9.14. The molecule has 0 amide bonds. The number of hydrogen-bond acceptors (Lipinski definition) is 4. The molecule has 0 fully saturated rings. The Morgan fingerprint density at radius 1 is 1.50 bits per heavy atom. The third-order valence-electron chi connectivity index (χ3n) is 1.89. The lowest BCUT2D eigenvalue weighted by Gasteiger charge is -2.01. The van der Waals surface area contributed by atoms with Gasteiger partial charge in [-0.2, -0.15) is 9.64 Å². The van der Waals surface area contributed by atoms with Crippen LogP contribution in [-0.2, 0) is 0 Å². The van der Waals surface area contributed by atoms with Crippen LogP contribution >= 0.6 is 11.5 Å². The molecule has 0 spiro atoms. The molecular weight excluding hydrogens is 196 g/mol. The molecule has 0 N–H and O–H groups in total. The first-order chi connectivity index (χ1) is 6.88. The van der Waals surface area contributed by atoms with Gasteiger partial charge in [-0.3, -0.25) is 0 Å². The molecule has 1 aromatic rings. The van der Waals surface area contributed by atoms with Crippen LogP contribution in [0, 0.1) is 11.3 Å². The molecule has 1 heterocycles. The zero-order valence-electron chi connectivity index (χ0n) is 8.32. The van der Waals surface area contributed by atoms with Crippen LogP contribution in [0.15, 0.2) is 5.38 Å². The summed E-state index contributed by atoms with van der Waals surface area (Å²) in [5, 5.41) is 10.4. The minimum atomic E-state index is 0.494. The summed E-state index contributed by atoms with van der Waals surface area (Å²) in [4.78, 5) is 0. The highest BCUT2D eigenvalue weighted by Gasteiger charge is 2.05. The second-order valence-electron chi connectivity index (χ2n) is 3.05. The van der Waals surface area contributed by atoms with Crippen molar-refractivity contribution in [2.45, 2.75) is 32.6 Å². The Labute approximate surface area is 88.5 Å². The van der Waals surface area contributed by atoms with Crippen LogP contribution in [-0.4, -0.2) is 11.0 Å². The molecule has 0 bridgehead atoms. The molecule has 0 aromatic carbocycles. The second kappa shape index (κ2) is 6.39. The lowest BCUT2D eigenvalue weighted by atomic mass is 10.2. The van der Waals surface area contributed by atoms with Gasteiger partial charge in [0.2, 0.25) is 5.88 Å². The summed E-state index contributed by atoms with van der Waals surface area (Å²) < 4.78 is 9.39. The molecule has 0 aliphatic rings. The Morgan fingerprint density at radius 3 is 3.07 bits per heavy atom. The van der Waals surface area contributed by atoms with Gasteiger partial charge in [-0.25, -0.2) is 0 Å². The van der Waals surface area contributed by atoms with Gasteiger partial charge < -0.3 is 4.74 Å². The first kappa shape index (κ1) is 11.0. The molecule has 0 aliphatic carbocycles. The van der Waals surface area contributed by atoms with E-state index in [4.69, 9.17) is 10.00 Å². The van der Waals surface area contributed by atoms with Crippen molar-refractivity contribution in [2.24, 2.45) is 0 Å². The van der Waals surface area contributed by atoms with Crippen molar-refractivity contribution in [3.05, 3.63) is 10.9 Å². The van der Waals surface area contributed by atoms with Crippen LogP contribution in [0.4, 0.5) is 0 Å². The topological polar surface area (TPSA) is 45.9 Å². The molecular formula is C10H14N2OS. The first-order valence-corrected chi connectivity index (χ1v) is 5.69. The van der Waals surface area contributed by atoms with E-state index in [1.807, 2.05) is 0 Å². The van der Waals surface area contributed by atoms with Gasteiger partial charge >= 0.3 is 0 Å². The number of unbranched alkanes of at least 4 members (excludes halogenated alkanes) is 3. The van der Waals surface area contributed by atoms with Gasteiger partial charge in [-0.1, -0.05) is 26.2 Å². The van der Waals surface area contributed by atoms with Crippen molar-refractivity contribution in [1.29, 1.82) is 5.26 Å². The Balaban J connectivity index is 2.22. The summed E-state index contributed by atoms with van der Waals surface area (Å²) in [6.45, 7) is 2.84. The van der Waals surface area contributed by atoms with E-state index in [0.29, 0.717) is 18.1 Å². The SMILES string of the molecule is CCCCCCOc1nscc1C#N. The Bertz CT molecular complexity index is 303. The second-order valence-corrected chi connectivity index (χ2v) is 3.68. The number of nitriles is 1. The fourth-order valence-corrected chi connectivity index (χ4v) is 1.66. The minimum absolute atomic E-state index is 0.494. The van der Waals surface area contributed by atoms with Crippen molar-refractivity contribution in [3.8, 4) is 11.9 Å². The van der Waals surface area contributed by atoms with E-state index in [2.05, 4.69) is 17.4 Å². The molecule has 14 heavy (non-hydrogen) atoms. The van der Waals surface area contributed by atoms with Crippen LogP contribution in [0.25, 0.3) is 0 Å². The van der Waals surface area contributed by atoms with E-state index in [1.54, 1.807) is 5.38 Å². The summed E-state index contributed by atoms with van der Waals surface area (Å²) in [6.07, 6.45) is 4.68. The van der Waals surface area contributed by atoms with Gasteiger partial charge in [-0.05, 0) is 18.0 Å². The predicted molar refractivity (Wildman–Crippen MR) is 56.5 cm³/mol. The van der Waals surface area contributed by atoms with Crippen molar-refractivity contribution in [2.75, 3.05) is 6.61 Å². The van der Waals surface area contributed by atoms with Gasteiger partial charge in [0.15, 0.2) is 0 Å². The molecule has 1 aromatic heterocycles. The normalized spacial score (nSPS) is 9.71. The van der Waals surface area contributed by atoms with Gasteiger partial charge in [0.05, 0.1) is 6.61 Å². The molecule has 0 saturated heterocycles. The van der Waals surface area contributed by atoms with E-state index >= 15 is 0 Å². The number of rotatable bonds is 6. The van der Waals surface area contributed by atoms with Crippen LogP contribution in [0.3, 0.4) is 0 Å². The molecule has 0 atom stereocenters. The summed E-state index contributed by atoms with van der Waals surface area (Å²) in [5.74, 6) is 0.494. The molecule has 3 nitrogen and oxygen atoms in total. The Morgan fingerprint density at radius 2 is 2.36 bits per heavy atom. The standard InChI is InChI=1S/C10H14N2OS/c1-2-3-4-5-6-13-10-9(7-11)8-14-12-10/h8H,2-6H2,1H3. The van der Waals surface area contributed by atoms with Crippen LogP contribution in [0.1, 0.15) is 38.2 Å². The van der Waals surface area contributed by atoms with E-state index in [-0.39, 0.29) is 0 Å². The van der Waals surface area contributed by atoms with Crippen molar-refractivity contribution in [3.63, 3.8) is 0 Å². The summed E-state index contributed by atoms with van der Waals surface area (Å²) >= 11 is 1.26. The summed E-state index contributed by atoms with van der Waals surface area (Å²) in [6, 6.07) is 2.05. The van der Waals surface area contributed by atoms with Crippen LogP contribution in [0.2, 0.25) is 0 Å². The fourth-order valence-electron chi connectivity index (χ4n) is 1.10. The fraction of sp³-hybridized carbons (Fsp3) is 0.600. The maximum Gasteiger partial charge on any atom is 0.243 e. The number of ether oxygens (including phenoxy) is 1. The van der Waals surface area contributed by atoms with E-state index in [9.17, 15) is 0 Å². The first-order valence-electron chi connectivity index (χ1n) is 4.85. The van der Waals surface area contributed by atoms with Crippen molar-refractivity contribution in [1.82, 2.24) is 4.37 Å². The van der Waals surface area contributed by atoms with Gasteiger partial charge in [-0.15, -0.1) is 0 Å². The molecule has 76 valence electrons. The Hall–Kier alpha value is -1.08. The van der Waals surface area contributed by atoms with Crippen LogP contribution < -0.4 is 4.74 Å². The maximum atomic E-state index is 8.68. The molecule has 1 rings (SSSR count). The van der Waals surface area contributed by atoms with Crippen molar-refractivity contribution < 1.29 is 4.74 Å². The number of hydrogen-bond donors (Lipinski definition) is 0. The molecule has 0 radical (unpaired) electrons. The van der Waals surface area contributed by atoms with Gasteiger partial charge in [0, 0.05) is 5.38 Å². The van der Waals surface area contributed by atoms with Gasteiger partial charge in [0.1, 0.15) is 11.6 Å². The number of aromatic nitrogens is 1. The lowest BCUT2D eigenvalue weighted by molar-refractivity contribution is 0.296. The van der Waals surface area contributed by atoms with E-state index in [1.165, 1.54) is 30.8 Å².